The maximum absolute atomic E-state index is 14.2. The summed E-state index contributed by atoms with van der Waals surface area (Å²) in [5.41, 5.74) is 1.13. The molecule has 0 aliphatic rings. The number of nitrogens with one attached hydrogen (secondary N) is 3. The molecule has 0 saturated heterocycles. The first-order valence-electron chi connectivity index (χ1n) is 14.5. The monoisotopic (exact) mass is 590 g/mol. The Hall–Kier alpha value is -5.24. The molecule has 3 atom stereocenters. The molecule has 0 saturated carbocycles. The lowest BCUT2D eigenvalue weighted by Crippen LogP contribution is -2.60. The average molecular weight is 591 g/mol. The van der Waals surface area contributed by atoms with E-state index in [1.54, 1.807) is 75.6 Å². The number of likely N-dealkylation sites (N-methyl/N-ethyl adjacent to an activating group) is 1. The van der Waals surface area contributed by atoms with Gasteiger partial charge in [-0.25, -0.2) is 0 Å². The van der Waals surface area contributed by atoms with E-state index >= 15 is 0 Å². The van der Waals surface area contributed by atoms with Crippen molar-refractivity contribution in [3.63, 3.8) is 0 Å². The summed E-state index contributed by atoms with van der Waals surface area (Å²) in [5.74, 6) is -1.78. The van der Waals surface area contributed by atoms with Crippen LogP contribution in [0.25, 0.3) is 0 Å². The van der Waals surface area contributed by atoms with Gasteiger partial charge in [-0.1, -0.05) is 109 Å². The Bertz CT molecular complexity index is 1550. The van der Waals surface area contributed by atoms with Crippen LogP contribution >= 0.6 is 0 Å². The van der Waals surface area contributed by atoms with Crippen LogP contribution in [0.2, 0.25) is 0 Å². The van der Waals surface area contributed by atoms with E-state index < -0.39 is 35.3 Å². The van der Waals surface area contributed by atoms with E-state index in [4.69, 9.17) is 0 Å². The van der Waals surface area contributed by atoms with Crippen LogP contribution in [0.4, 0.5) is 0 Å². The third-order valence-corrected chi connectivity index (χ3v) is 7.45. The van der Waals surface area contributed by atoms with Crippen LogP contribution < -0.4 is 16.0 Å². The molecule has 0 fully saturated rings. The Balaban J connectivity index is 1.64. The van der Waals surface area contributed by atoms with Gasteiger partial charge in [0.1, 0.15) is 17.6 Å². The van der Waals surface area contributed by atoms with E-state index in [1.165, 1.54) is 4.90 Å². The average Bonchev–Trinajstić information content (AvgIpc) is 3.05. The van der Waals surface area contributed by atoms with Gasteiger partial charge >= 0.3 is 0 Å². The quantitative estimate of drug-likeness (QED) is 0.233. The maximum Gasteiger partial charge on any atom is 0.252 e. The summed E-state index contributed by atoms with van der Waals surface area (Å²) < 4.78 is 0. The van der Waals surface area contributed by atoms with Gasteiger partial charge in [0.05, 0.1) is 0 Å². The summed E-state index contributed by atoms with van der Waals surface area (Å²) in [4.78, 5) is 56.0. The van der Waals surface area contributed by atoms with Crippen molar-refractivity contribution in [2.75, 3.05) is 14.1 Å². The van der Waals surface area contributed by atoms with E-state index in [1.807, 2.05) is 66.7 Å². The van der Waals surface area contributed by atoms with Gasteiger partial charge in [-0.15, -0.1) is 0 Å². The number of amides is 4. The number of carbonyl (C=O) groups is 4. The lowest BCUT2D eigenvalue weighted by Gasteiger charge is -2.32. The van der Waals surface area contributed by atoms with Crippen molar-refractivity contribution in [2.45, 2.75) is 37.4 Å². The minimum atomic E-state index is -1.52. The van der Waals surface area contributed by atoms with Gasteiger partial charge in [0.15, 0.2) is 0 Å². The van der Waals surface area contributed by atoms with Crippen LogP contribution in [-0.2, 0) is 32.8 Å². The van der Waals surface area contributed by atoms with Crippen molar-refractivity contribution < 1.29 is 19.2 Å². The van der Waals surface area contributed by atoms with Gasteiger partial charge in [-0.05, 0) is 35.7 Å². The van der Waals surface area contributed by atoms with Crippen molar-refractivity contribution in [3.05, 3.63) is 144 Å². The summed E-state index contributed by atoms with van der Waals surface area (Å²) in [6, 6.07) is 34.4. The second kappa shape index (κ2) is 14.8. The third-order valence-electron chi connectivity index (χ3n) is 7.45. The molecule has 0 aliphatic heterocycles. The molecule has 0 unspecified atom stereocenters. The molecule has 4 aromatic rings. The fraction of sp³-hybridized carbons (Fsp3) is 0.222. The van der Waals surface area contributed by atoms with Crippen molar-refractivity contribution in [1.82, 2.24) is 20.9 Å². The summed E-state index contributed by atoms with van der Waals surface area (Å²) >= 11 is 0. The van der Waals surface area contributed by atoms with Crippen LogP contribution in [0.5, 0.6) is 0 Å². The molecule has 0 spiro atoms. The molecule has 4 aromatic carbocycles. The molecule has 44 heavy (non-hydrogen) atoms. The third kappa shape index (κ3) is 8.19. The molecule has 0 bridgehead atoms. The van der Waals surface area contributed by atoms with E-state index in [9.17, 15) is 19.2 Å². The largest absolute Gasteiger partial charge is 0.347 e. The first-order valence-corrected chi connectivity index (χ1v) is 14.5. The Morgan fingerprint density at radius 3 is 1.59 bits per heavy atom. The second-order valence-corrected chi connectivity index (χ2v) is 11.0. The van der Waals surface area contributed by atoms with Crippen molar-refractivity contribution in [3.8, 4) is 0 Å². The first-order chi connectivity index (χ1) is 21.2. The molecule has 226 valence electrons. The zero-order chi connectivity index (χ0) is 31.5. The van der Waals surface area contributed by atoms with Crippen molar-refractivity contribution >= 4 is 23.6 Å². The normalized spacial score (nSPS) is 13.4. The molecule has 0 aliphatic carbocycles. The van der Waals surface area contributed by atoms with Gasteiger partial charge in [0, 0.05) is 32.5 Å². The zero-order valence-electron chi connectivity index (χ0n) is 25.2. The molecule has 0 heterocycles. The van der Waals surface area contributed by atoms with Crippen LogP contribution in [0.15, 0.2) is 121 Å². The van der Waals surface area contributed by atoms with Gasteiger partial charge in [-0.3, -0.25) is 19.2 Å². The smallest absolute Gasteiger partial charge is 0.252 e. The lowest BCUT2D eigenvalue weighted by atomic mass is 9.89. The molecule has 8 heteroatoms. The topological polar surface area (TPSA) is 108 Å². The van der Waals surface area contributed by atoms with E-state index in [-0.39, 0.29) is 18.7 Å². The first kappa shape index (κ1) is 31.7. The number of rotatable bonds is 12. The number of carbonyl (C=O) groups excluding carboxylic acids is 4. The van der Waals surface area contributed by atoms with Crippen molar-refractivity contribution in [2.24, 2.45) is 0 Å². The van der Waals surface area contributed by atoms with Crippen LogP contribution in [0.1, 0.15) is 34.0 Å². The molecule has 4 amide bonds. The fourth-order valence-corrected chi connectivity index (χ4v) is 4.92. The molecule has 4 rings (SSSR count). The molecule has 3 N–H and O–H groups in total. The Morgan fingerprint density at radius 1 is 0.636 bits per heavy atom. The standard InChI is InChI=1S/C36H38N4O4/c1-36(29-22-14-7-15-23-29,39-32(41)28-20-12-6-13-21-28)35(44)38-30(24-26-16-8-4-9-17-26)33(42)37-31(34(43)40(2)3)25-27-18-10-5-11-19-27/h4-23,30-31H,24-25H2,1-3H3,(H,37,42)(H,38,44)(H,39,41)/t30-,31-,36-/m0/s1. The minimum absolute atomic E-state index is 0.171. The zero-order valence-corrected chi connectivity index (χ0v) is 25.2. The van der Waals surface area contributed by atoms with E-state index in [0.29, 0.717) is 11.1 Å². The predicted octanol–water partition coefficient (Wildman–Crippen LogP) is 3.88. The summed E-state index contributed by atoms with van der Waals surface area (Å²) in [6.07, 6.45) is 0.453. The van der Waals surface area contributed by atoms with Gasteiger partial charge in [-0.2, -0.15) is 0 Å². The van der Waals surface area contributed by atoms with Crippen LogP contribution in [-0.4, -0.2) is 54.7 Å². The van der Waals surface area contributed by atoms with Gasteiger partial charge < -0.3 is 20.9 Å². The summed E-state index contributed by atoms with van der Waals surface area (Å²) in [5, 5.41) is 8.70. The van der Waals surface area contributed by atoms with Crippen LogP contribution in [0.3, 0.4) is 0 Å². The molecular formula is C36H38N4O4. The summed E-state index contributed by atoms with van der Waals surface area (Å²) in [6.45, 7) is 1.61. The Morgan fingerprint density at radius 2 is 1.09 bits per heavy atom. The number of benzene rings is 4. The molecule has 8 nitrogen and oxygen atoms in total. The Labute approximate surface area is 258 Å². The van der Waals surface area contributed by atoms with Gasteiger partial charge in [0.2, 0.25) is 11.8 Å². The Kier molecular flexibility index (Phi) is 10.6. The number of hydrogen-bond acceptors (Lipinski definition) is 4. The highest BCUT2D eigenvalue weighted by Gasteiger charge is 2.39. The molecule has 0 radical (unpaired) electrons. The van der Waals surface area contributed by atoms with Crippen molar-refractivity contribution in [1.29, 1.82) is 0 Å². The molecular weight excluding hydrogens is 552 g/mol. The van der Waals surface area contributed by atoms with E-state index in [2.05, 4.69) is 16.0 Å². The second-order valence-electron chi connectivity index (χ2n) is 11.0. The van der Waals surface area contributed by atoms with Crippen LogP contribution in [0, 0.1) is 0 Å². The van der Waals surface area contributed by atoms with Gasteiger partial charge in [0.25, 0.3) is 11.8 Å². The number of hydrogen-bond donors (Lipinski definition) is 3. The predicted molar refractivity (Wildman–Crippen MR) is 171 cm³/mol. The summed E-state index contributed by atoms with van der Waals surface area (Å²) in [7, 11) is 3.27. The lowest BCUT2D eigenvalue weighted by molar-refractivity contribution is -0.136. The minimum Gasteiger partial charge on any atom is -0.347 e. The fourth-order valence-electron chi connectivity index (χ4n) is 4.92. The SMILES string of the molecule is CN(C)C(=O)[C@H](Cc1ccccc1)NC(=O)[C@H](Cc1ccccc1)NC(=O)[C@@](C)(NC(=O)c1ccccc1)c1ccccc1. The highest BCUT2D eigenvalue weighted by molar-refractivity contribution is 6.01. The number of nitrogens with zero attached hydrogens (tertiary/aromatic N) is 1. The highest BCUT2D eigenvalue weighted by Crippen LogP contribution is 2.23. The van der Waals surface area contributed by atoms with E-state index in [0.717, 1.165) is 11.1 Å². The maximum atomic E-state index is 14.2. The highest BCUT2D eigenvalue weighted by atomic mass is 16.2. The molecule has 0 aromatic heterocycles.